The number of carbonyl (C=O) groups excluding carboxylic acids is 2. The molecular formula is C22H22ClN3O4S. The number of para-hydroxylation sites is 1. The van der Waals surface area contributed by atoms with Gasteiger partial charge in [0.05, 0.1) is 17.5 Å². The van der Waals surface area contributed by atoms with Crippen LogP contribution in [0.4, 0.5) is 5.69 Å². The second kappa shape index (κ2) is 7.63. The number of halogens is 1. The Morgan fingerprint density at radius 1 is 1.35 bits per heavy atom. The number of H-pyrrole nitrogens is 1. The van der Waals surface area contributed by atoms with E-state index >= 15 is 0 Å². The number of ether oxygens (including phenoxy) is 2. The van der Waals surface area contributed by atoms with Crippen molar-refractivity contribution in [2.75, 3.05) is 18.1 Å². The molecule has 1 unspecified atom stereocenters. The number of carbonyl (C=O) groups is 2. The molecule has 7 nitrogen and oxygen atoms in total. The average molecular weight is 460 g/mol. The summed E-state index contributed by atoms with van der Waals surface area (Å²) in [6.07, 6.45) is 0.201. The Morgan fingerprint density at radius 3 is 2.90 bits per heavy atom. The molecule has 1 aromatic carbocycles. The first-order chi connectivity index (χ1) is 14.8. The van der Waals surface area contributed by atoms with Crippen molar-refractivity contribution < 1.29 is 19.1 Å². The molecule has 5 rings (SSSR count). The number of nitrogens with zero attached hydrogens (tertiary/aromatic N) is 1. The SMILES string of the molecule is CC1(C)OC[C@H](CN2C(=O)C(NC(=O)c3cc4cc(Cl)sc4[nH]3)Cc3ccccc32)O1. The maximum Gasteiger partial charge on any atom is 0.268 e. The van der Waals surface area contributed by atoms with Crippen LogP contribution in [-0.4, -0.2) is 47.9 Å². The Bertz CT molecular complexity index is 1140. The molecule has 2 N–H and O–H groups in total. The molecule has 31 heavy (non-hydrogen) atoms. The fourth-order valence-electron chi connectivity index (χ4n) is 4.17. The molecule has 162 valence electrons. The van der Waals surface area contributed by atoms with E-state index in [4.69, 9.17) is 21.1 Å². The summed E-state index contributed by atoms with van der Waals surface area (Å²) in [6.45, 7) is 4.49. The second-order valence-corrected chi connectivity index (χ2v) is 9.96. The molecule has 4 heterocycles. The number of hydrogen-bond acceptors (Lipinski definition) is 5. The molecule has 0 radical (unpaired) electrons. The molecule has 0 bridgehead atoms. The highest BCUT2D eigenvalue weighted by Crippen LogP contribution is 2.32. The quantitative estimate of drug-likeness (QED) is 0.622. The molecule has 0 saturated carbocycles. The summed E-state index contributed by atoms with van der Waals surface area (Å²) in [5.74, 6) is -1.14. The first-order valence-corrected chi connectivity index (χ1v) is 11.3. The molecule has 1 saturated heterocycles. The van der Waals surface area contributed by atoms with Crippen LogP contribution in [0.2, 0.25) is 4.34 Å². The molecule has 9 heteroatoms. The van der Waals surface area contributed by atoms with Gasteiger partial charge in [-0.2, -0.15) is 0 Å². The van der Waals surface area contributed by atoms with E-state index in [9.17, 15) is 9.59 Å². The third kappa shape index (κ3) is 3.96. The highest BCUT2D eigenvalue weighted by Gasteiger charge is 2.39. The van der Waals surface area contributed by atoms with E-state index in [-0.39, 0.29) is 17.9 Å². The number of anilines is 1. The van der Waals surface area contributed by atoms with Crippen molar-refractivity contribution in [2.45, 2.75) is 38.2 Å². The van der Waals surface area contributed by atoms with Crippen molar-refractivity contribution in [3.8, 4) is 0 Å². The smallest absolute Gasteiger partial charge is 0.268 e. The van der Waals surface area contributed by atoms with Crippen LogP contribution in [0.5, 0.6) is 0 Å². The van der Waals surface area contributed by atoms with Gasteiger partial charge < -0.3 is 24.7 Å². The number of thiophene rings is 1. The fourth-order valence-corrected chi connectivity index (χ4v) is 5.30. The number of benzene rings is 1. The summed E-state index contributed by atoms with van der Waals surface area (Å²) in [5, 5.41) is 3.78. The molecule has 2 amide bonds. The molecule has 2 aliphatic rings. The lowest BCUT2D eigenvalue weighted by atomic mass is 9.96. The van der Waals surface area contributed by atoms with Crippen LogP contribution in [0.3, 0.4) is 0 Å². The largest absolute Gasteiger partial charge is 0.348 e. The third-order valence-corrected chi connectivity index (χ3v) is 6.75. The fraction of sp³-hybridized carbons (Fsp3) is 0.364. The minimum absolute atomic E-state index is 0.156. The van der Waals surface area contributed by atoms with Crippen LogP contribution >= 0.6 is 22.9 Å². The van der Waals surface area contributed by atoms with Gasteiger partial charge in [-0.25, -0.2) is 0 Å². The van der Waals surface area contributed by atoms with Crippen LogP contribution in [0.1, 0.15) is 29.9 Å². The van der Waals surface area contributed by atoms with Crippen molar-refractivity contribution in [3.05, 3.63) is 52.0 Å². The number of hydrogen-bond donors (Lipinski definition) is 2. The number of rotatable bonds is 4. The standard InChI is InChI=1S/C22H22ClN3O4S/c1-22(2)29-11-14(30-22)10-26-17-6-4-3-5-12(17)7-16(21(26)28)24-19(27)15-8-13-9-18(23)31-20(13)25-15/h3-6,8-9,14,16,25H,7,10-11H2,1-2H3,(H,24,27)/t14-,16?/m0/s1. The maximum absolute atomic E-state index is 13.4. The first-order valence-electron chi connectivity index (χ1n) is 10.1. The topological polar surface area (TPSA) is 83.7 Å². The van der Waals surface area contributed by atoms with Gasteiger partial charge >= 0.3 is 0 Å². The monoisotopic (exact) mass is 459 g/mol. The minimum atomic E-state index is -0.667. The highest BCUT2D eigenvalue weighted by atomic mass is 35.5. The average Bonchev–Trinajstić information content (AvgIpc) is 3.37. The van der Waals surface area contributed by atoms with E-state index in [1.54, 1.807) is 11.0 Å². The third-order valence-electron chi connectivity index (χ3n) is 5.55. The van der Waals surface area contributed by atoms with Crippen LogP contribution < -0.4 is 10.2 Å². The molecule has 1 fully saturated rings. The zero-order valence-electron chi connectivity index (χ0n) is 17.1. The maximum atomic E-state index is 13.4. The Kier molecular flexibility index (Phi) is 5.05. The van der Waals surface area contributed by atoms with Crippen molar-refractivity contribution >= 4 is 50.7 Å². The van der Waals surface area contributed by atoms with Crippen molar-refractivity contribution in [1.29, 1.82) is 0 Å². The van der Waals surface area contributed by atoms with Gasteiger partial charge in [-0.1, -0.05) is 29.8 Å². The van der Waals surface area contributed by atoms with Gasteiger partial charge in [0.15, 0.2) is 5.79 Å². The van der Waals surface area contributed by atoms with Crippen molar-refractivity contribution in [3.63, 3.8) is 0 Å². The molecule has 2 atom stereocenters. The second-order valence-electron chi connectivity index (χ2n) is 8.28. The van der Waals surface area contributed by atoms with E-state index in [0.717, 1.165) is 21.5 Å². The van der Waals surface area contributed by atoms with Crippen LogP contribution in [0.15, 0.2) is 36.4 Å². The lowest BCUT2D eigenvalue weighted by Crippen LogP contribution is -2.54. The zero-order valence-corrected chi connectivity index (χ0v) is 18.7. The Labute approximate surface area is 188 Å². The van der Waals surface area contributed by atoms with Gasteiger partial charge in [0.25, 0.3) is 5.91 Å². The molecular weight excluding hydrogens is 438 g/mol. The molecule has 2 aliphatic heterocycles. The normalized spacial score (nSPS) is 22.7. The zero-order chi connectivity index (χ0) is 21.8. The molecule has 2 aromatic heterocycles. The molecule has 0 spiro atoms. The minimum Gasteiger partial charge on any atom is -0.348 e. The molecule has 0 aliphatic carbocycles. The summed E-state index contributed by atoms with van der Waals surface area (Å²) in [4.78, 5) is 31.8. The van der Waals surface area contributed by atoms with Gasteiger partial charge in [-0.05, 0) is 37.6 Å². The highest BCUT2D eigenvalue weighted by molar-refractivity contribution is 7.22. The lowest BCUT2D eigenvalue weighted by Gasteiger charge is -2.35. The number of nitrogens with one attached hydrogen (secondary N) is 2. The summed E-state index contributed by atoms with van der Waals surface area (Å²) >= 11 is 7.39. The predicted molar refractivity (Wildman–Crippen MR) is 120 cm³/mol. The van der Waals surface area contributed by atoms with Gasteiger partial charge in [-0.15, -0.1) is 11.3 Å². The lowest BCUT2D eigenvalue weighted by molar-refractivity contribution is -0.138. The van der Waals surface area contributed by atoms with E-state index in [2.05, 4.69) is 10.3 Å². The van der Waals surface area contributed by atoms with Gasteiger partial charge in [-0.3, -0.25) is 9.59 Å². The summed E-state index contributed by atoms with van der Waals surface area (Å²) in [7, 11) is 0. The van der Waals surface area contributed by atoms with E-state index in [1.807, 2.05) is 44.2 Å². The van der Waals surface area contributed by atoms with E-state index in [0.29, 0.717) is 29.6 Å². The number of amides is 2. The summed E-state index contributed by atoms with van der Waals surface area (Å²) in [5.41, 5.74) is 2.26. The van der Waals surface area contributed by atoms with E-state index in [1.165, 1.54) is 11.3 Å². The Morgan fingerprint density at radius 2 is 2.16 bits per heavy atom. The van der Waals surface area contributed by atoms with Gasteiger partial charge in [0.2, 0.25) is 5.91 Å². The van der Waals surface area contributed by atoms with Crippen molar-refractivity contribution in [2.24, 2.45) is 0 Å². The molecule has 3 aromatic rings. The van der Waals surface area contributed by atoms with Gasteiger partial charge in [0, 0.05) is 17.5 Å². The summed E-state index contributed by atoms with van der Waals surface area (Å²) in [6, 6.07) is 10.6. The first kappa shape index (κ1) is 20.5. The number of fused-ring (bicyclic) bond motifs is 2. The van der Waals surface area contributed by atoms with Crippen molar-refractivity contribution in [1.82, 2.24) is 10.3 Å². The Balaban J connectivity index is 1.37. The van der Waals surface area contributed by atoms with Crippen LogP contribution in [-0.2, 0) is 20.7 Å². The van der Waals surface area contributed by atoms with Crippen LogP contribution in [0, 0.1) is 0 Å². The van der Waals surface area contributed by atoms with Gasteiger partial charge in [0.1, 0.15) is 22.7 Å². The predicted octanol–water partition coefficient (Wildman–Crippen LogP) is 3.72. The number of aromatic amines is 1. The van der Waals surface area contributed by atoms with Crippen LogP contribution in [0.25, 0.3) is 10.2 Å². The Hall–Kier alpha value is -2.39. The van der Waals surface area contributed by atoms with E-state index < -0.39 is 11.8 Å². The summed E-state index contributed by atoms with van der Waals surface area (Å²) < 4.78 is 12.2. The number of aromatic nitrogens is 1.